The van der Waals surface area contributed by atoms with Gasteiger partial charge in [-0.1, -0.05) is 0 Å². The molecule has 4 rings (SSSR count). The van der Waals surface area contributed by atoms with Crippen molar-refractivity contribution >= 4 is 5.91 Å². The summed E-state index contributed by atoms with van der Waals surface area (Å²) in [4.78, 5) is 23.7. The maximum Gasteiger partial charge on any atom is 0.257 e. The van der Waals surface area contributed by atoms with Gasteiger partial charge in [-0.15, -0.1) is 0 Å². The molecule has 0 radical (unpaired) electrons. The predicted octanol–water partition coefficient (Wildman–Crippen LogP) is 4.21. The van der Waals surface area contributed by atoms with Gasteiger partial charge in [0, 0.05) is 55.5 Å². The molecule has 0 bridgehead atoms. The molecule has 1 fully saturated rings. The average molecular weight is 435 g/mol. The van der Waals surface area contributed by atoms with E-state index < -0.39 is 0 Å². The summed E-state index contributed by atoms with van der Waals surface area (Å²) < 4.78 is 12.9. The second kappa shape index (κ2) is 9.85. The first-order valence-corrected chi connectivity index (χ1v) is 11.0. The van der Waals surface area contributed by atoms with Crippen LogP contribution in [0, 0.1) is 12.8 Å². The minimum atomic E-state index is 0.0216. The fourth-order valence-electron chi connectivity index (χ4n) is 4.36. The molecule has 0 N–H and O–H groups in total. The number of carbonyl (C=O) groups is 1. The number of nitrogens with zero attached hydrogens (tertiary/aromatic N) is 4. The Bertz CT molecular complexity index is 1060. The molecule has 0 saturated carbocycles. The van der Waals surface area contributed by atoms with Crippen molar-refractivity contribution in [2.24, 2.45) is 5.92 Å². The van der Waals surface area contributed by atoms with Gasteiger partial charge >= 0.3 is 0 Å². The van der Waals surface area contributed by atoms with E-state index in [0.717, 1.165) is 56.0 Å². The first-order chi connectivity index (χ1) is 15.6. The van der Waals surface area contributed by atoms with Gasteiger partial charge in [-0.05, 0) is 56.4 Å². The lowest BCUT2D eigenvalue weighted by molar-refractivity contribution is 0.0681. The Morgan fingerprint density at radius 2 is 1.84 bits per heavy atom. The SMILES string of the molecule is COc1ccc(C(=O)N2CCC(CCn3c(C)cnc3-c3ccncc3)CC2)c(OC)c1. The van der Waals surface area contributed by atoms with Gasteiger partial charge in [-0.3, -0.25) is 9.78 Å². The number of piperidine rings is 1. The third-order valence-corrected chi connectivity index (χ3v) is 6.30. The molecule has 1 aliphatic rings. The number of ether oxygens (including phenoxy) is 2. The summed E-state index contributed by atoms with van der Waals surface area (Å²) in [5.41, 5.74) is 2.83. The first-order valence-electron chi connectivity index (χ1n) is 11.0. The molecule has 0 aliphatic carbocycles. The lowest BCUT2D eigenvalue weighted by Crippen LogP contribution is -2.38. The molecule has 1 aliphatic heterocycles. The summed E-state index contributed by atoms with van der Waals surface area (Å²) in [6.07, 6.45) is 8.61. The smallest absolute Gasteiger partial charge is 0.257 e. The van der Waals surface area contributed by atoms with Crippen LogP contribution in [-0.4, -0.2) is 52.7 Å². The van der Waals surface area contributed by atoms with Crippen molar-refractivity contribution in [2.75, 3.05) is 27.3 Å². The Morgan fingerprint density at radius 1 is 1.09 bits per heavy atom. The molecule has 7 heteroatoms. The number of aryl methyl sites for hydroxylation is 1. The van der Waals surface area contributed by atoms with Crippen molar-refractivity contribution in [3.05, 3.63) is 60.2 Å². The van der Waals surface area contributed by atoms with Crippen molar-refractivity contribution < 1.29 is 14.3 Å². The zero-order valence-corrected chi connectivity index (χ0v) is 19.0. The monoisotopic (exact) mass is 434 g/mol. The highest BCUT2D eigenvalue weighted by atomic mass is 16.5. The van der Waals surface area contributed by atoms with E-state index in [1.165, 1.54) is 0 Å². The van der Waals surface area contributed by atoms with Gasteiger partial charge in [0.2, 0.25) is 0 Å². The van der Waals surface area contributed by atoms with E-state index in [1.807, 2.05) is 23.2 Å². The van der Waals surface area contributed by atoms with Crippen molar-refractivity contribution in [2.45, 2.75) is 32.7 Å². The van der Waals surface area contributed by atoms with E-state index in [2.05, 4.69) is 21.5 Å². The number of likely N-dealkylation sites (tertiary alicyclic amines) is 1. The van der Waals surface area contributed by atoms with Crippen molar-refractivity contribution in [1.82, 2.24) is 19.4 Å². The van der Waals surface area contributed by atoms with E-state index >= 15 is 0 Å². The van der Waals surface area contributed by atoms with Crippen LogP contribution in [-0.2, 0) is 6.54 Å². The molecule has 0 atom stereocenters. The fraction of sp³-hybridized carbons (Fsp3) is 0.400. The van der Waals surface area contributed by atoms with Crippen LogP contribution >= 0.6 is 0 Å². The van der Waals surface area contributed by atoms with Gasteiger partial charge in [0.05, 0.1) is 19.8 Å². The van der Waals surface area contributed by atoms with Gasteiger partial charge in [-0.25, -0.2) is 4.98 Å². The highest BCUT2D eigenvalue weighted by Gasteiger charge is 2.26. The third-order valence-electron chi connectivity index (χ3n) is 6.30. The van der Waals surface area contributed by atoms with Crippen LogP contribution < -0.4 is 9.47 Å². The summed E-state index contributed by atoms with van der Waals surface area (Å²) >= 11 is 0. The van der Waals surface area contributed by atoms with Gasteiger partial charge in [0.1, 0.15) is 17.3 Å². The average Bonchev–Trinajstić information content (AvgIpc) is 3.22. The maximum atomic E-state index is 13.1. The van der Waals surface area contributed by atoms with Gasteiger partial charge < -0.3 is 18.9 Å². The molecule has 1 amide bonds. The predicted molar refractivity (Wildman–Crippen MR) is 123 cm³/mol. The number of hydrogen-bond donors (Lipinski definition) is 0. The standard InChI is InChI=1S/C25H30N4O3/c1-18-17-27-24(20-6-11-26-12-7-20)29(18)15-10-19-8-13-28(14-9-19)25(30)22-5-4-21(31-2)16-23(22)32-3/h4-7,11-12,16-17,19H,8-10,13-15H2,1-3H3. The maximum absolute atomic E-state index is 13.1. The minimum Gasteiger partial charge on any atom is -0.497 e. The van der Waals surface area contributed by atoms with Gasteiger partial charge in [-0.2, -0.15) is 0 Å². The Balaban J connectivity index is 1.35. The van der Waals surface area contributed by atoms with Crippen molar-refractivity contribution in [3.8, 4) is 22.9 Å². The van der Waals surface area contributed by atoms with Gasteiger partial charge in [0.15, 0.2) is 0 Å². The normalized spacial score (nSPS) is 14.4. The Kier molecular flexibility index (Phi) is 6.73. The number of pyridine rings is 1. The highest BCUT2D eigenvalue weighted by molar-refractivity contribution is 5.97. The number of benzene rings is 1. The van der Waals surface area contributed by atoms with Crippen LogP contribution in [0.3, 0.4) is 0 Å². The number of hydrogen-bond acceptors (Lipinski definition) is 5. The summed E-state index contributed by atoms with van der Waals surface area (Å²) in [6.45, 7) is 4.55. The molecule has 2 aromatic heterocycles. The minimum absolute atomic E-state index is 0.0216. The van der Waals surface area contributed by atoms with E-state index in [9.17, 15) is 4.79 Å². The fourth-order valence-corrected chi connectivity index (χ4v) is 4.36. The summed E-state index contributed by atoms with van der Waals surface area (Å²) in [5.74, 6) is 2.83. The summed E-state index contributed by atoms with van der Waals surface area (Å²) in [6, 6.07) is 9.34. The Morgan fingerprint density at radius 3 is 2.53 bits per heavy atom. The molecule has 0 spiro atoms. The van der Waals surface area contributed by atoms with Crippen LogP contribution in [0.5, 0.6) is 11.5 Å². The molecule has 32 heavy (non-hydrogen) atoms. The van der Waals surface area contributed by atoms with Gasteiger partial charge in [0.25, 0.3) is 5.91 Å². The topological polar surface area (TPSA) is 69.5 Å². The highest BCUT2D eigenvalue weighted by Crippen LogP contribution is 2.29. The lowest BCUT2D eigenvalue weighted by Gasteiger charge is -2.32. The second-order valence-electron chi connectivity index (χ2n) is 8.20. The largest absolute Gasteiger partial charge is 0.497 e. The van der Waals surface area contributed by atoms with E-state index in [1.54, 1.807) is 44.8 Å². The molecule has 7 nitrogen and oxygen atoms in total. The van der Waals surface area contributed by atoms with Crippen LogP contribution in [0.2, 0.25) is 0 Å². The Labute approximate surface area is 189 Å². The molecule has 168 valence electrons. The van der Waals surface area contributed by atoms with Crippen LogP contribution in [0.25, 0.3) is 11.4 Å². The molecular formula is C25H30N4O3. The summed E-state index contributed by atoms with van der Waals surface area (Å²) in [7, 11) is 3.18. The van der Waals surface area contributed by atoms with E-state index in [4.69, 9.17) is 9.47 Å². The number of methoxy groups -OCH3 is 2. The molecule has 0 unspecified atom stereocenters. The summed E-state index contributed by atoms with van der Waals surface area (Å²) in [5, 5.41) is 0. The molecule has 1 aromatic carbocycles. The second-order valence-corrected chi connectivity index (χ2v) is 8.20. The number of rotatable bonds is 7. The van der Waals surface area contributed by atoms with Crippen molar-refractivity contribution in [1.29, 1.82) is 0 Å². The zero-order chi connectivity index (χ0) is 22.5. The first kappa shape index (κ1) is 21.9. The van der Waals surface area contributed by atoms with Crippen LogP contribution in [0.4, 0.5) is 0 Å². The number of carbonyl (C=O) groups excluding carboxylic acids is 1. The number of amides is 1. The Hall–Kier alpha value is -3.35. The molecule has 3 aromatic rings. The van der Waals surface area contributed by atoms with E-state index in [0.29, 0.717) is 23.0 Å². The number of aromatic nitrogens is 3. The zero-order valence-electron chi connectivity index (χ0n) is 19.0. The van der Waals surface area contributed by atoms with Crippen LogP contribution in [0.1, 0.15) is 35.3 Å². The van der Waals surface area contributed by atoms with Crippen LogP contribution in [0.15, 0.2) is 48.9 Å². The molecule has 1 saturated heterocycles. The third kappa shape index (κ3) is 4.61. The molecule has 3 heterocycles. The van der Waals surface area contributed by atoms with E-state index in [-0.39, 0.29) is 5.91 Å². The quantitative estimate of drug-likeness (QED) is 0.557. The van der Waals surface area contributed by atoms with Crippen molar-refractivity contribution in [3.63, 3.8) is 0 Å². The molecular weight excluding hydrogens is 404 g/mol. The lowest BCUT2D eigenvalue weighted by atomic mass is 9.93. The number of imidazole rings is 1.